The Labute approximate surface area is 212 Å². The fourth-order valence-electron chi connectivity index (χ4n) is 4.12. The summed E-state index contributed by atoms with van der Waals surface area (Å²) in [6, 6.07) is 21.4. The first-order valence-corrected chi connectivity index (χ1v) is 11.5. The van der Waals surface area contributed by atoms with Gasteiger partial charge in [0, 0.05) is 52.4 Å². The fourth-order valence-corrected chi connectivity index (χ4v) is 4.12. The number of ether oxygens (including phenoxy) is 1. The maximum atomic E-state index is 11.9. The third-order valence-corrected chi connectivity index (χ3v) is 5.81. The number of nitrogens with zero attached hydrogens (tertiary/aromatic N) is 4. The van der Waals surface area contributed by atoms with Gasteiger partial charge in [-0.25, -0.2) is 4.98 Å². The summed E-state index contributed by atoms with van der Waals surface area (Å²) in [4.78, 5) is 25.2. The molecule has 0 atom stereocenters. The molecule has 8 heteroatoms. The van der Waals surface area contributed by atoms with E-state index >= 15 is 0 Å². The van der Waals surface area contributed by atoms with Gasteiger partial charge in [-0.05, 0) is 67.4 Å². The van der Waals surface area contributed by atoms with Gasteiger partial charge in [-0.1, -0.05) is 12.1 Å². The van der Waals surface area contributed by atoms with Gasteiger partial charge in [-0.3, -0.25) is 14.8 Å². The summed E-state index contributed by atoms with van der Waals surface area (Å²) in [6.07, 6.45) is 1.55. The third kappa shape index (κ3) is 4.74. The average Bonchev–Trinajstić information content (AvgIpc) is 3.17. The second kappa shape index (κ2) is 9.50. The van der Waals surface area contributed by atoms with Crippen molar-refractivity contribution in [3.8, 4) is 22.6 Å². The second-order valence-corrected chi connectivity index (χ2v) is 8.55. The number of benzene rings is 2. The smallest absolute Gasteiger partial charge is 0.269 e. The Hall–Kier alpha value is -4.72. The van der Waals surface area contributed by atoms with Crippen LogP contribution in [0.3, 0.4) is 0 Å². The van der Waals surface area contributed by atoms with Crippen molar-refractivity contribution in [3.63, 3.8) is 0 Å². The molecule has 0 fully saturated rings. The van der Waals surface area contributed by atoms with Gasteiger partial charge in [0.1, 0.15) is 17.2 Å². The highest BCUT2D eigenvalue weighted by molar-refractivity contribution is 5.92. The average molecular weight is 483 g/mol. The predicted octanol–water partition coefficient (Wildman–Crippen LogP) is 6.03. The van der Waals surface area contributed by atoms with Gasteiger partial charge in [-0.2, -0.15) is 0 Å². The molecule has 1 amide bonds. The molecule has 0 unspecified atom stereocenters. The minimum Gasteiger partial charge on any atom is -0.457 e. The van der Waals surface area contributed by atoms with Crippen LogP contribution in [0.2, 0.25) is 0 Å². The Morgan fingerprint density at radius 1 is 0.917 bits per heavy atom. The normalized spacial score (nSPS) is 10.9. The number of carbonyl (C=O) groups excluding carboxylic acids is 1. The van der Waals surface area contributed by atoms with Crippen LogP contribution in [0, 0.1) is 13.8 Å². The topological polar surface area (TPSA) is 94.0 Å². The molecule has 5 rings (SSSR count). The summed E-state index contributed by atoms with van der Waals surface area (Å²) in [6.45, 7) is 4.01. The maximum absolute atomic E-state index is 11.9. The van der Waals surface area contributed by atoms with Crippen LogP contribution in [0.15, 0.2) is 72.9 Å². The lowest BCUT2D eigenvalue weighted by Crippen LogP contribution is -2.18. The Morgan fingerprint density at radius 2 is 1.69 bits per heavy atom. The van der Waals surface area contributed by atoms with Crippen molar-refractivity contribution in [2.75, 3.05) is 12.4 Å². The SMILES string of the molecule is CNC(=O)c1cc(Oc2ccc3c(c2)nc(Nc2cccc(-c4cc(C)nc(C)c4)c2)n3C)ccn1.[HH].[HH]. The lowest BCUT2D eigenvalue weighted by molar-refractivity contribution is 0.0958. The maximum Gasteiger partial charge on any atom is 0.269 e. The van der Waals surface area contributed by atoms with E-state index in [2.05, 4.69) is 44.9 Å². The molecule has 0 spiro atoms. The van der Waals surface area contributed by atoms with Crippen LogP contribution in [-0.4, -0.2) is 32.5 Å². The molecule has 2 aromatic carbocycles. The van der Waals surface area contributed by atoms with E-state index in [1.807, 2.05) is 55.8 Å². The van der Waals surface area contributed by atoms with Crippen molar-refractivity contribution in [1.29, 1.82) is 0 Å². The fraction of sp³-hybridized carbons (Fsp3) is 0.143. The molecule has 0 aliphatic carbocycles. The first-order valence-electron chi connectivity index (χ1n) is 11.5. The Balaban J connectivity index is 0.00000200. The molecule has 3 heterocycles. The highest BCUT2D eigenvalue weighted by Crippen LogP contribution is 2.29. The molecular formula is C28H30N6O2. The van der Waals surface area contributed by atoms with Crippen LogP contribution < -0.4 is 15.4 Å². The number of aromatic nitrogens is 4. The lowest BCUT2D eigenvalue weighted by Gasteiger charge is -2.09. The number of nitrogens with one attached hydrogen (secondary N) is 2. The third-order valence-electron chi connectivity index (χ3n) is 5.81. The van der Waals surface area contributed by atoms with Crippen LogP contribution in [-0.2, 0) is 7.05 Å². The molecule has 0 radical (unpaired) electrons. The summed E-state index contributed by atoms with van der Waals surface area (Å²) in [5, 5.41) is 6.00. The minimum absolute atomic E-state index is 0. The van der Waals surface area contributed by atoms with E-state index < -0.39 is 0 Å². The summed E-state index contributed by atoms with van der Waals surface area (Å²) in [5.74, 6) is 1.59. The molecule has 5 aromatic rings. The molecule has 36 heavy (non-hydrogen) atoms. The number of aryl methyl sites for hydroxylation is 3. The van der Waals surface area contributed by atoms with Crippen LogP contribution in [0.4, 0.5) is 11.6 Å². The number of pyridine rings is 2. The number of hydrogen-bond donors (Lipinski definition) is 2. The molecule has 0 saturated carbocycles. The Kier molecular flexibility index (Phi) is 6.08. The molecule has 8 nitrogen and oxygen atoms in total. The minimum atomic E-state index is -0.269. The van der Waals surface area contributed by atoms with Crippen molar-refractivity contribution in [2.45, 2.75) is 13.8 Å². The van der Waals surface area contributed by atoms with Crippen molar-refractivity contribution in [3.05, 3.63) is 90.0 Å². The van der Waals surface area contributed by atoms with Crippen molar-refractivity contribution in [1.82, 2.24) is 24.8 Å². The molecule has 0 aliphatic heterocycles. The van der Waals surface area contributed by atoms with Gasteiger partial charge in [0.2, 0.25) is 5.95 Å². The van der Waals surface area contributed by atoms with Gasteiger partial charge in [0.05, 0.1) is 11.0 Å². The lowest BCUT2D eigenvalue weighted by atomic mass is 10.0. The van der Waals surface area contributed by atoms with Crippen LogP contribution in [0.1, 0.15) is 24.7 Å². The molecule has 3 aromatic heterocycles. The summed E-state index contributed by atoms with van der Waals surface area (Å²) in [7, 11) is 3.53. The van der Waals surface area contributed by atoms with E-state index in [0.717, 1.165) is 39.2 Å². The number of hydrogen-bond acceptors (Lipinski definition) is 6. The number of rotatable bonds is 6. The van der Waals surface area contributed by atoms with E-state index in [1.54, 1.807) is 25.4 Å². The second-order valence-electron chi connectivity index (χ2n) is 8.55. The van der Waals surface area contributed by atoms with Crippen LogP contribution in [0.5, 0.6) is 11.5 Å². The standard InChI is InChI=1S/C28H26N6O2.2H2/c1-17-12-20(13-18(2)31-17)19-6-5-7-21(14-19)32-28-33-24-15-22(8-9-26(24)34(28)4)36-23-10-11-30-25(16-23)27(35)29-3;;/h5-16H,1-4H3,(H,29,35)(H,32,33);2*1H. The number of fused-ring (bicyclic) bond motifs is 1. The summed E-state index contributed by atoms with van der Waals surface area (Å²) < 4.78 is 7.98. The first-order chi connectivity index (χ1) is 17.4. The Bertz CT molecular complexity index is 1580. The zero-order valence-corrected chi connectivity index (χ0v) is 20.5. The summed E-state index contributed by atoms with van der Waals surface area (Å²) in [5.41, 5.74) is 7.20. The molecule has 184 valence electrons. The highest BCUT2D eigenvalue weighted by atomic mass is 16.5. The van der Waals surface area contributed by atoms with Crippen LogP contribution in [0.25, 0.3) is 22.2 Å². The van der Waals surface area contributed by atoms with Gasteiger partial charge in [-0.15, -0.1) is 0 Å². The van der Waals surface area contributed by atoms with Crippen molar-refractivity contribution in [2.24, 2.45) is 7.05 Å². The largest absolute Gasteiger partial charge is 0.457 e. The molecule has 0 saturated heterocycles. The predicted molar refractivity (Wildman–Crippen MR) is 145 cm³/mol. The van der Waals surface area contributed by atoms with E-state index in [1.165, 1.54) is 0 Å². The van der Waals surface area contributed by atoms with Gasteiger partial charge in [0.25, 0.3) is 5.91 Å². The molecule has 2 N–H and O–H groups in total. The summed E-state index contributed by atoms with van der Waals surface area (Å²) >= 11 is 0. The number of imidazole rings is 1. The Morgan fingerprint density at radius 3 is 2.47 bits per heavy atom. The van der Waals surface area contributed by atoms with Gasteiger partial charge >= 0.3 is 0 Å². The van der Waals surface area contributed by atoms with E-state index in [4.69, 9.17) is 9.72 Å². The van der Waals surface area contributed by atoms with Crippen molar-refractivity contribution >= 4 is 28.6 Å². The van der Waals surface area contributed by atoms with Crippen molar-refractivity contribution < 1.29 is 12.4 Å². The molecular weight excluding hydrogens is 452 g/mol. The zero-order chi connectivity index (χ0) is 25.2. The van der Waals surface area contributed by atoms with Crippen LogP contribution >= 0.6 is 0 Å². The first kappa shape index (κ1) is 23.0. The molecule has 0 aliphatic rings. The quantitative estimate of drug-likeness (QED) is 0.307. The highest BCUT2D eigenvalue weighted by Gasteiger charge is 2.12. The van der Waals surface area contributed by atoms with E-state index in [-0.39, 0.29) is 8.76 Å². The van der Waals surface area contributed by atoms with Gasteiger partial charge in [0.15, 0.2) is 0 Å². The molecule has 0 bridgehead atoms. The monoisotopic (exact) mass is 482 g/mol. The zero-order valence-electron chi connectivity index (χ0n) is 20.5. The number of anilines is 2. The number of amides is 1. The van der Waals surface area contributed by atoms with E-state index in [0.29, 0.717) is 23.1 Å². The van der Waals surface area contributed by atoms with E-state index in [9.17, 15) is 4.79 Å². The number of carbonyl (C=O) groups is 1. The van der Waals surface area contributed by atoms with Gasteiger partial charge < -0.3 is 19.9 Å².